The van der Waals surface area contributed by atoms with E-state index in [0.717, 1.165) is 44.1 Å². The van der Waals surface area contributed by atoms with Gasteiger partial charge < -0.3 is 15.2 Å². The van der Waals surface area contributed by atoms with Crippen LogP contribution in [0.3, 0.4) is 0 Å². The second-order valence-corrected chi connectivity index (χ2v) is 15.3. The SMILES string of the molecule is [C-]#[N+]C1=C[C@]2(C)C3=CC(=O)[C@@H]4[C@@H]5C[C@@](C)(C(=O)NCCO)CC[C@]5(C)CC[C@@]4(C)[C@]3(C)CC[C@H]2C(C)(C)C1=O. The van der Waals surface area contributed by atoms with E-state index in [4.69, 9.17) is 6.57 Å². The number of Topliss-reactive ketones (excluding diaryl/α,β-unsaturated/α-hetero) is 1. The Hall–Kier alpha value is -2.26. The molecule has 5 aliphatic rings. The molecule has 2 N–H and O–H groups in total. The molecule has 0 aromatic carbocycles. The topological polar surface area (TPSA) is 87.8 Å². The van der Waals surface area contributed by atoms with Crippen molar-refractivity contribution in [3.05, 3.63) is 34.8 Å². The number of aliphatic hydroxyl groups is 1. The van der Waals surface area contributed by atoms with Gasteiger partial charge in [0.05, 0.1) is 13.2 Å². The molecule has 3 fully saturated rings. The number of fused-ring (bicyclic) bond motifs is 7. The number of carbonyl (C=O) groups excluding carboxylic acids is 3. The largest absolute Gasteiger partial charge is 0.395 e. The van der Waals surface area contributed by atoms with Crippen LogP contribution < -0.4 is 5.32 Å². The maximum absolute atomic E-state index is 14.4. The van der Waals surface area contributed by atoms with E-state index in [0.29, 0.717) is 6.42 Å². The maximum Gasteiger partial charge on any atom is 0.226 e. The number of hydrogen-bond donors (Lipinski definition) is 2. The zero-order valence-corrected chi connectivity index (χ0v) is 24.9. The summed E-state index contributed by atoms with van der Waals surface area (Å²) >= 11 is 0. The molecule has 0 aromatic rings. The lowest BCUT2D eigenvalue weighted by molar-refractivity contribution is -0.172. The van der Waals surface area contributed by atoms with Crippen LogP contribution in [-0.4, -0.2) is 35.7 Å². The van der Waals surface area contributed by atoms with E-state index in [1.54, 1.807) is 0 Å². The molecule has 0 bridgehead atoms. The number of aliphatic hydroxyl groups excluding tert-OH is 1. The molecule has 5 aliphatic carbocycles. The van der Waals surface area contributed by atoms with Crippen molar-refractivity contribution in [1.82, 2.24) is 5.32 Å². The standard InChI is InChI=1S/C33H46N2O4/c1-28(2)23-9-10-32(6)24(31(23,5)19-21(34-8)26(28)38)17-22(37)25-20-18-30(4,27(39)35-15-16-36)12-11-29(20,3)13-14-33(25,32)7/h17,19-20,23,25,36H,9-16,18H2,1-7H3,(H,35,39)/t20-,23-,25-,29+,30-,31-,32+,33+/m0/s1. The second kappa shape index (κ2) is 8.62. The molecule has 212 valence electrons. The van der Waals surface area contributed by atoms with Gasteiger partial charge in [-0.2, -0.15) is 0 Å². The van der Waals surface area contributed by atoms with Crippen LogP contribution in [0.2, 0.25) is 0 Å². The number of nitrogens with zero attached hydrogens (tertiary/aromatic N) is 1. The Morgan fingerprint density at radius 2 is 1.72 bits per heavy atom. The lowest BCUT2D eigenvalue weighted by atomic mass is 9.34. The van der Waals surface area contributed by atoms with E-state index in [2.05, 4.69) is 37.9 Å². The van der Waals surface area contributed by atoms with Gasteiger partial charge >= 0.3 is 0 Å². The highest BCUT2D eigenvalue weighted by Gasteiger charge is 2.69. The Balaban J connectivity index is 1.62. The summed E-state index contributed by atoms with van der Waals surface area (Å²) in [6.07, 6.45) is 9.99. The summed E-state index contributed by atoms with van der Waals surface area (Å²) in [5, 5.41) is 12.2. The minimum absolute atomic E-state index is 0.00975. The number of allylic oxidation sites excluding steroid dienone is 4. The van der Waals surface area contributed by atoms with E-state index in [-0.39, 0.29) is 70.3 Å². The van der Waals surface area contributed by atoms with Crippen molar-refractivity contribution in [2.75, 3.05) is 13.2 Å². The fraction of sp³-hybridized carbons (Fsp3) is 0.758. The smallest absolute Gasteiger partial charge is 0.226 e. The van der Waals surface area contributed by atoms with Gasteiger partial charge in [0.15, 0.2) is 11.6 Å². The van der Waals surface area contributed by atoms with Crippen molar-refractivity contribution >= 4 is 17.5 Å². The number of carbonyl (C=O) groups is 3. The van der Waals surface area contributed by atoms with E-state index in [1.165, 1.54) is 0 Å². The fourth-order valence-electron chi connectivity index (χ4n) is 10.3. The molecule has 1 amide bonds. The summed E-state index contributed by atoms with van der Waals surface area (Å²) in [5.41, 5.74) is -0.945. The third-order valence-corrected chi connectivity index (χ3v) is 13.0. The van der Waals surface area contributed by atoms with E-state index >= 15 is 0 Å². The van der Waals surface area contributed by atoms with Gasteiger partial charge in [-0.25, -0.2) is 4.85 Å². The first-order valence-electron chi connectivity index (χ1n) is 14.8. The Morgan fingerprint density at radius 3 is 2.36 bits per heavy atom. The van der Waals surface area contributed by atoms with Gasteiger partial charge in [0.2, 0.25) is 11.6 Å². The molecular weight excluding hydrogens is 488 g/mol. The van der Waals surface area contributed by atoms with Crippen LogP contribution in [0, 0.1) is 56.8 Å². The summed E-state index contributed by atoms with van der Waals surface area (Å²) in [7, 11) is 0. The Kier molecular flexibility index (Phi) is 6.25. The summed E-state index contributed by atoms with van der Waals surface area (Å²) in [4.78, 5) is 44.5. The van der Waals surface area contributed by atoms with E-state index in [9.17, 15) is 19.5 Å². The first-order chi connectivity index (χ1) is 18.0. The van der Waals surface area contributed by atoms with Gasteiger partial charge in [0.25, 0.3) is 0 Å². The van der Waals surface area contributed by atoms with Crippen molar-refractivity contribution in [3.8, 4) is 0 Å². The fourth-order valence-corrected chi connectivity index (χ4v) is 10.3. The molecule has 0 heterocycles. The van der Waals surface area contributed by atoms with Crippen LogP contribution in [0.5, 0.6) is 0 Å². The monoisotopic (exact) mass is 534 g/mol. The number of nitrogens with one attached hydrogen (secondary N) is 1. The average Bonchev–Trinajstić information content (AvgIpc) is 2.87. The first-order valence-corrected chi connectivity index (χ1v) is 14.8. The third-order valence-electron chi connectivity index (χ3n) is 13.0. The first kappa shape index (κ1) is 28.3. The Bertz CT molecular complexity index is 1240. The molecule has 8 atom stereocenters. The maximum atomic E-state index is 14.4. The van der Waals surface area contributed by atoms with Crippen LogP contribution in [0.1, 0.15) is 93.4 Å². The molecule has 0 spiro atoms. The number of amides is 1. The van der Waals surface area contributed by atoms with Gasteiger partial charge in [-0.3, -0.25) is 9.59 Å². The van der Waals surface area contributed by atoms with Gasteiger partial charge in [-0.05, 0) is 79.1 Å². The predicted octanol–water partition coefficient (Wildman–Crippen LogP) is 5.67. The quantitative estimate of drug-likeness (QED) is 0.457. The third kappa shape index (κ3) is 3.57. The molecule has 0 radical (unpaired) electrons. The number of rotatable bonds is 3. The van der Waals surface area contributed by atoms with Crippen molar-refractivity contribution in [3.63, 3.8) is 0 Å². The summed E-state index contributed by atoms with van der Waals surface area (Å²) in [6.45, 7) is 23.0. The molecule has 5 rings (SSSR count). The summed E-state index contributed by atoms with van der Waals surface area (Å²) < 4.78 is 0. The van der Waals surface area contributed by atoms with Gasteiger partial charge in [-0.15, -0.1) is 0 Å². The molecular formula is C33H46N2O4. The molecule has 39 heavy (non-hydrogen) atoms. The van der Waals surface area contributed by atoms with Crippen LogP contribution in [-0.2, 0) is 14.4 Å². The molecule has 0 unspecified atom stereocenters. The molecule has 6 heteroatoms. The van der Waals surface area contributed by atoms with Crippen LogP contribution in [0.4, 0.5) is 0 Å². The van der Waals surface area contributed by atoms with Crippen molar-refractivity contribution in [2.24, 2.45) is 50.2 Å². The molecule has 3 saturated carbocycles. The lowest BCUT2D eigenvalue weighted by Crippen LogP contribution is -2.65. The normalized spacial score (nSPS) is 46.4. The Labute approximate surface area is 233 Å². The van der Waals surface area contributed by atoms with Crippen molar-refractivity contribution in [1.29, 1.82) is 0 Å². The molecule has 0 aliphatic heterocycles. The molecule has 0 saturated heterocycles. The van der Waals surface area contributed by atoms with Crippen LogP contribution in [0.25, 0.3) is 4.85 Å². The zero-order valence-electron chi connectivity index (χ0n) is 24.9. The highest BCUT2D eigenvalue weighted by Crippen LogP contribution is 2.74. The number of hydrogen-bond acceptors (Lipinski definition) is 4. The van der Waals surface area contributed by atoms with Crippen LogP contribution in [0.15, 0.2) is 23.4 Å². The van der Waals surface area contributed by atoms with Gasteiger partial charge in [0.1, 0.15) is 0 Å². The number of ketones is 2. The van der Waals surface area contributed by atoms with E-state index in [1.807, 2.05) is 32.9 Å². The highest BCUT2D eigenvalue weighted by atomic mass is 16.3. The van der Waals surface area contributed by atoms with Crippen LogP contribution >= 0.6 is 0 Å². The minimum Gasteiger partial charge on any atom is -0.395 e. The highest BCUT2D eigenvalue weighted by molar-refractivity contribution is 6.03. The van der Waals surface area contributed by atoms with E-state index < -0.39 is 16.2 Å². The summed E-state index contributed by atoms with van der Waals surface area (Å²) in [6, 6.07) is 0. The van der Waals surface area contributed by atoms with Gasteiger partial charge in [0, 0.05) is 28.7 Å². The van der Waals surface area contributed by atoms with Gasteiger partial charge in [-0.1, -0.05) is 60.1 Å². The Morgan fingerprint density at radius 1 is 1.05 bits per heavy atom. The minimum atomic E-state index is -0.662. The summed E-state index contributed by atoms with van der Waals surface area (Å²) in [5.74, 6) is 0.0344. The average molecular weight is 535 g/mol. The van der Waals surface area contributed by atoms with Crippen molar-refractivity contribution in [2.45, 2.75) is 93.4 Å². The second-order valence-electron chi connectivity index (χ2n) is 15.3. The molecule has 0 aromatic heterocycles. The van der Waals surface area contributed by atoms with Crippen molar-refractivity contribution < 1.29 is 19.5 Å². The lowest BCUT2D eigenvalue weighted by Gasteiger charge is -2.69. The molecule has 6 nitrogen and oxygen atoms in total. The predicted molar refractivity (Wildman–Crippen MR) is 150 cm³/mol. The zero-order chi connectivity index (χ0) is 28.8.